The first-order chi connectivity index (χ1) is 11.7. The topological polar surface area (TPSA) is 62.5 Å². The normalized spacial score (nSPS) is 11.9. The molecule has 0 saturated carbocycles. The molecule has 0 saturated heterocycles. The molecule has 2 aliphatic rings. The van der Waals surface area contributed by atoms with Crippen LogP contribution in [0.15, 0.2) is 71.7 Å². The second-order valence-electron chi connectivity index (χ2n) is 5.30. The summed E-state index contributed by atoms with van der Waals surface area (Å²) in [5, 5.41) is 9.85. The molecule has 0 fully saturated rings. The number of hydrogen-bond donors (Lipinski definition) is 1. The highest BCUT2D eigenvalue weighted by atomic mass is 32.1. The second-order valence-corrected chi connectivity index (χ2v) is 6.38. The van der Waals surface area contributed by atoms with E-state index < -0.39 is 5.97 Å². The number of carboxylic acids is 1. The SMILES string of the molecule is O=C(O)c1cccc(N=c2ccc3nc4ccccc4sc-3c2)c1. The molecule has 0 bridgehead atoms. The molecule has 0 aromatic heterocycles. The Balaban J connectivity index is 1.85. The zero-order valence-corrected chi connectivity index (χ0v) is 13.3. The number of aromatic nitrogens is 1. The van der Waals surface area contributed by atoms with Crippen LogP contribution in [0.2, 0.25) is 0 Å². The number of carboxylic acid groups (broad SMARTS) is 1. The number of aromatic carboxylic acids is 1. The summed E-state index contributed by atoms with van der Waals surface area (Å²) < 4.78 is 1.12. The lowest BCUT2D eigenvalue weighted by atomic mass is 10.2. The maximum Gasteiger partial charge on any atom is 0.335 e. The van der Waals surface area contributed by atoms with E-state index in [0.717, 1.165) is 26.1 Å². The molecule has 116 valence electrons. The van der Waals surface area contributed by atoms with Crippen molar-refractivity contribution in [2.24, 2.45) is 4.99 Å². The molecule has 1 aliphatic carbocycles. The number of fused-ring (bicyclic) bond motifs is 2. The zero-order chi connectivity index (χ0) is 16.5. The van der Waals surface area contributed by atoms with Gasteiger partial charge in [-0.15, -0.1) is 11.3 Å². The van der Waals surface area contributed by atoms with E-state index in [0.29, 0.717) is 5.69 Å². The fraction of sp³-hybridized carbons (Fsp3) is 0. The lowest BCUT2D eigenvalue weighted by Crippen LogP contribution is -2.01. The van der Waals surface area contributed by atoms with E-state index in [-0.39, 0.29) is 5.56 Å². The highest BCUT2D eigenvalue weighted by molar-refractivity contribution is 7.21. The summed E-state index contributed by atoms with van der Waals surface area (Å²) in [4.78, 5) is 21.3. The highest BCUT2D eigenvalue weighted by Crippen LogP contribution is 2.29. The van der Waals surface area contributed by atoms with E-state index in [1.54, 1.807) is 35.6 Å². The molecule has 1 N–H and O–H groups in total. The predicted octanol–water partition coefficient (Wildman–Crippen LogP) is 4.33. The Kier molecular flexibility index (Phi) is 3.55. The van der Waals surface area contributed by atoms with Gasteiger partial charge in [-0.25, -0.2) is 14.8 Å². The first-order valence-electron chi connectivity index (χ1n) is 7.37. The van der Waals surface area contributed by atoms with Crippen LogP contribution >= 0.6 is 11.3 Å². The number of nitrogens with zero attached hydrogens (tertiary/aromatic N) is 2. The summed E-state index contributed by atoms with van der Waals surface area (Å²) in [5.74, 6) is -0.955. The third-order valence-electron chi connectivity index (χ3n) is 3.62. The number of para-hydroxylation sites is 1. The van der Waals surface area contributed by atoms with Gasteiger partial charge in [-0.2, -0.15) is 0 Å². The summed E-state index contributed by atoms with van der Waals surface area (Å²) in [6, 6.07) is 20.4. The molecule has 0 spiro atoms. The van der Waals surface area contributed by atoms with Gasteiger partial charge in [0.15, 0.2) is 0 Å². The summed E-state index contributed by atoms with van der Waals surface area (Å²) in [6.45, 7) is 0. The molecule has 24 heavy (non-hydrogen) atoms. The van der Waals surface area contributed by atoms with Crippen LogP contribution in [-0.2, 0) is 0 Å². The largest absolute Gasteiger partial charge is 0.478 e. The first-order valence-corrected chi connectivity index (χ1v) is 8.18. The van der Waals surface area contributed by atoms with Gasteiger partial charge >= 0.3 is 5.97 Å². The smallest absolute Gasteiger partial charge is 0.335 e. The Morgan fingerprint density at radius 2 is 1.88 bits per heavy atom. The van der Waals surface area contributed by atoms with Crippen molar-refractivity contribution >= 4 is 33.2 Å². The highest BCUT2D eigenvalue weighted by Gasteiger charge is 2.07. The Morgan fingerprint density at radius 3 is 2.75 bits per heavy atom. The monoisotopic (exact) mass is 332 g/mol. The van der Waals surface area contributed by atoms with Crippen molar-refractivity contribution < 1.29 is 9.90 Å². The van der Waals surface area contributed by atoms with Gasteiger partial charge in [0.05, 0.1) is 37.4 Å². The third kappa shape index (κ3) is 2.77. The van der Waals surface area contributed by atoms with Crippen molar-refractivity contribution in [3.05, 3.63) is 77.7 Å². The van der Waals surface area contributed by atoms with Crippen molar-refractivity contribution in [3.63, 3.8) is 0 Å². The molecule has 0 radical (unpaired) electrons. The number of carbonyl (C=O) groups is 1. The number of hydrogen-bond acceptors (Lipinski definition) is 4. The van der Waals surface area contributed by atoms with Crippen molar-refractivity contribution in [2.45, 2.75) is 0 Å². The average molecular weight is 332 g/mol. The number of rotatable bonds is 2. The fourth-order valence-electron chi connectivity index (χ4n) is 2.49. The van der Waals surface area contributed by atoms with E-state index >= 15 is 0 Å². The summed E-state index contributed by atoms with van der Waals surface area (Å²) in [5.41, 5.74) is 2.76. The molecule has 1 heterocycles. The Labute approximate surface area is 141 Å². The van der Waals surface area contributed by atoms with Crippen LogP contribution < -0.4 is 5.36 Å². The van der Waals surface area contributed by atoms with Crippen molar-refractivity contribution in [3.8, 4) is 10.6 Å². The van der Waals surface area contributed by atoms with Crippen LogP contribution in [0.1, 0.15) is 10.4 Å². The van der Waals surface area contributed by atoms with Crippen molar-refractivity contribution in [1.82, 2.24) is 4.98 Å². The van der Waals surface area contributed by atoms with Crippen LogP contribution in [-0.4, -0.2) is 16.1 Å². The third-order valence-corrected chi connectivity index (χ3v) is 4.73. The predicted molar refractivity (Wildman–Crippen MR) is 94.9 cm³/mol. The summed E-state index contributed by atoms with van der Waals surface area (Å²) in [7, 11) is 0. The summed E-state index contributed by atoms with van der Waals surface area (Å²) in [6.07, 6.45) is 0. The molecule has 0 unspecified atom stereocenters. The molecule has 0 atom stereocenters. The number of benzene rings is 3. The average Bonchev–Trinajstić information content (AvgIpc) is 2.60. The van der Waals surface area contributed by atoms with E-state index in [9.17, 15) is 4.79 Å². The van der Waals surface area contributed by atoms with Crippen LogP contribution in [0, 0.1) is 0 Å². The van der Waals surface area contributed by atoms with E-state index in [2.05, 4.69) is 9.98 Å². The molecular weight excluding hydrogens is 320 g/mol. The quantitative estimate of drug-likeness (QED) is 0.556. The second kappa shape index (κ2) is 5.86. The van der Waals surface area contributed by atoms with Gasteiger partial charge in [-0.1, -0.05) is 18.2 Å². The molecule has 1 aliphatic heterocycles. The first kappa shape index (κ1) is 14.5. The van der Waals surface area contributed by atoms with Gasteiger partial charge in [0.25, 0.3) is 0 Å². The fourth-order valence-corrected chi connectivity index (χ4v) is 3.49. The minimum absolute atomic E-state index is 0.229. The van der Waals surface area contributed by atoms with Crippen LogP contribution in [0.4, 0.5) is 5.69 Å². The van der Waals surface area contributed by atoms with Crippen LogP contribution in [0.25, 0.3) is 20.8 Å². The van der Waals surface area contributed by atoms with Crippen molar-refractivity contribution in [1.29, 1.82) is 0 Å². The van der Waals surface area contributed by atoms with Gasteiger partial charge in [0.1, 0.15) is 0 Å². The Hall–Kier alpha value is -3.05. The minimum Gasteiger partial charge on any atom is -0.478 e. The molecule has 0 amide bonds. The zero-order valence-electron chi connectivity index (χ0n) is 12.5. The maximum absolute atomic E-state index is 11.1. The Bertz CT molecular complexity index is 1100. The van der Waals surface area contributed by atoms with E-state index in [1.165, 1.54) is 0 Å². The molecule has 4 rings (SSSR count). The van der Waals surface area contributed by atoms with Gasteiger partial charge in [-0.3, -0.25) is 0 Å². The molecule has 5 heteroatoms. The lowest BCUT2D eigenvalue weighted by Gasteiger charge is -2.05. The standard InChI is InChI=1S/C19H12N2O2S/c22-19(23)12-4-3-5-13(10-12)20-14-8-9-16-18(11-14)24-17-7-2-1-6-15(17)21-16/h1-11H,(H,22,23). The van der Waals surface area contributed by atoms with E-state index in [1.807, 2.05) is 42.5 Å². The molecule has 2 aromatic carbocycles. The van der Waals surface area contributed by atoms with Crippen LogP contribution in [0.3, 0.4) is 0 Å². The summed E-state index contributed by atoms with van der Waals surface area (Å²) >= 11 is 1.67. The van der Waals surface area contributed by atoms with Gasteiger partial charge in [0.2, 0.25) is 0 Å². The van der Waals surface area contributed by atoms with Crippen LogP contribution in [0.5, 0.6) is 0 Å². The van der Waals surface area contributed by atoms with Gasteiger partial charge in [0, 0.05) is 0 Å². The van der Waals surface area contributed by atoms with Gasteiger partial charge in [-0.05, 0) is 48.5 Å². The molecule has 2 aromatic rings. The molecule has 4 nitrogen and oxygen atoms in total. The Morgan fingerprint density at radius 1 is 1.00 bits per heavy atom. The van der Waals surface area contributed by atoms with Crippen molar-refractivity contribution in [2.75, 3.05) is 0 Å². The molecular formula is C19H12N2O2S. The minimum atomic E-state index is -0.955. The maximum atomic E-state index is 11.1. The van der Waals surface area contributed by atoms with E-state index in [4.69, 9.17) is 5.11 Å². The lowest BCUT2D eigenvalue weighted by molar-refractivity contribution is 0.0697. The van der Waals surface area contributed by atoms with Gasteiger partial charge < -0.3 is 5.11 Å².